The van der Waals surface area contributed by atoms with Gasteiger partial charge in [-0.05, 0) is 0 Å². The smallest absolute Gasteiger partial charge is 0.184 e. The number of rotatable bonds is 1. The Labute approximate surface area is 67.0 Å². The number of nitrogens with one attached hydrogen (secondary N) is 1. The van der Waals surface area contributed by atoms with Gasteiger partial charge in [-0.25, -0.2) is 0 Å². The average molecular weight is 167 g/mol. The van der Waals surface area contributed by atoms with Gasteiger partial charge >= 0.3 is 0 Å². The molecule has 1 aliphatic rings. The predicted octanol–water partition coefficient (Wildman–Crippen LogP) is 1.17. The maximum Gasteiger partial charge on any atom is 0.184 e. The van der Waals surface area contributed by atoms with Crippen molar-refractivity contribution in [2.24, 2.45) is 0 Å². The molecule has 0 spiro atoms. The molecule has 1 aromatic heterocycles. The third kappa shape index (κ3) is 0.793. The molecule has 3 nitrogen and oxygen atoms in total. The van der Waals surface area contributed by atoms with Crippen LogP contribution in [-0.2, 0) is 0 Å². The zero-order valence-electron chi connectivity index (χ0n) is 5.59. The molecule has 0 aliphatic carbocycles. The van der Waals surface area contributed by atoms with Gasteiger partial charge < -0.3 is 5.32 Å². The number of thiophene rings is 1. The van der Waals surface area contributed by atoms with E-state index in [1.54, 1.807) is 5.38 Å². The number of anilines is 1. The van der Waals surface area contributed by atoms with Gasteiger partial charge in [-0.3, -0.25) is 9.59 Å². The van der Waals surface area contributed by atoms with Crippen LogP contribution in [0.15, 0.2) is 5.38 Å². The first-order valence-corrected chi connectivity index (χ1v) is 4.04. The van der Waals surface area contributed by atoms with Crippen molar-refractivity contribution in [1.29, 1.82) is 0 Å². The third-order valence-electron chi connectivity index (χ3n) is 1.65. The molecular formula is C7H5NO2S. The highest BCUT2D eigenvalue weighted by Crippen LogP contribution is 2.30. The Bertz CT molecular complexity index is 329. The van der Waals surface area contributed by atoms with Crippen LogP contribution in [-0.4, -0.2) is 18.6 Å². The van der Waals surface area contributed by atoms with Crippen LogP contribution in [0, 0.1) is 0 Å². The van der Waals surface area contributed by atoms with E-state index in [0.29, 0.717) is 17.0 Å². The van der Waals surface area contributed by atoms with E-state index in [0.717, 1.165) is 12.0 Å². The molecule has 0 unspecified atom stereocenters. The largest absolute Gasteiger partial charge is 0.376 e. The van der Waals surface area contributed by atoms with Gasteiger partial charge in [-0.2, -0.15) is 0 Å². The molecule has 1 N–H and O–H groups in total. The van der Waals surface area contributed by atoms with E-state index in [-0.39, 0.29) is 5.78 Å². The summed E-state index contributed by atoms with van der Waals surface area (Å²) in [4.78, 5) is 22.0. The lowest BCUT2D eigenvalue weighted by Crippen LogP contribution is -2.01. The second-order valence-corrected chi connectivity index (χ2v) is 3.19. The lowest BCUT2D eigenvalue weighted by atomic mass is 10.2. The molecule has 56 valence electrons. The van der Waals surface area contributed by atoms with Crippen LogP contribution >= 0.6 is 11.3 Å². The van der Waals surface area contributed by atoms with Crippen LogP contribution in [0.25, 0.3) is 0 Å². The fourth-order valence-electron chi connectivity index (χ4n) is 1.11. The van der Waals surface area contributed by atoms with Crippen molar-refractivity contribution in [2.45, 2.75) is 0 Å². The SMILES string of the molecule is O=Cc1scc2c1NCC2=O. The molecule has 1 aromatic rings. The number of fused-ring (bicyclic) bond motifs is 1. The predicted molar refractivity (Wildman–Crippen MR) is 42.5 cm³/mol. The second kappa shape index (κ2) is 2.17. The molecule has 0 amide bonds. The summed E-state index contributed by atoms with van der Waals surface area (Å²) < 4.78 is 0. The normalized spacial score (nSPS) is 14.4. The summed E-state index contributed by atoms with van der Waals surface area (Å²) in [6.45, 7) is 0.332. The number of carbonyl (C=O) groups excluding carboxylic acids is 2. The number of carbonyl (C=O) groups is 2. The van der Waals surface area contributed by atoms with Gasteiger partial charge in [0.05, 0.1) is 22.7 Å². The Morgan fingerprint density at radius 2 is 2.45 bits per heavy atom. The first-order chi connectivity index (χ1) is 5.33. The minimum atomic E-state index is 0.0735. The number of hydrogen-bond donors (Lipinski definition) is 1. The summed E-state index contributed by atoms with van der Waals surface area (Å²) in [5.74, 6) is 0.0735. The standard InChI is InChI=1S/C7H5NO2S/c9-2-6-7-4(3-11-6)5(10)1-8-7/h2-3,8H,1H2. The topological polar surface area (TPSA) is 46.2 Å². The second-order valence-electron chi connectivity index (χ2n) is 2.28. The molecule has 0 bridgehead atoms. The van der Waals surface area contributed by atoms with Gasteiger partial charge in [0, 0.05) is 5.38 Å². The summed E-state index contributed by atoms with van der Waals surface area (Å²) in [6.07, 6.45) is 0.773. The molecule has 0 atom stereocenters. The van der Waals surface area contributed by atoms with Crippen LogP contribution < -0.4 is 5.32 Å². The fourth-order valence-corrected chi connectivity index (χ4v) is 1.96. The molecule has 11 heavy (non-hydrogen) atoms. The molecule has 0 aromatic carbocycles. The molecule has 0 radical (unpaired) electrons. The van der Waals surface area contributed by atoms with Crippen molar-refractivity contribution in [2.75, 3.05) is 11.9 Å². The van der Waals surface area contributed by atoms with Crippen LogP contribution in [0.4, 0.5) is 5.69 Å². The van der Waals surface area contributed by atoms with E-state index in [1.165, 1.54) is 11.3 Å². The van der Waals surface area contributed by atoms with Crippen molar-refractivity contribution >= 4 is 29.1 Å². The third-order valence-corrected chi connectivity index (χ3v) is 2.56. The Kier molecular flexibility index (Phi) is 1.29. The number of ketones is 1. The zero-order chi connectivity index (χ0) is 7.84. The summed E-state index contributed by atoms with van der Waals surface area (Å²) in [5, 5.41) is 4.60. The zero-order valence-corrected chi connectivity index (χ0v) is 6.40. The minimum Gasteiger partial charge on any atom is -0.376 e. The van der Waals surface area contributed by atoms with Crippen molar-refractivity contribution < 1.29 is 9.59 Å². The van der Waals surface area contributed by atoms with E-state index in [9.17, 15) is 9.59 Å². The summed E-state index contributed by atoms with van der Waals surface area (Å²) >= 11 is 1.30. The highest BCUT2D eigenvalue weighted by Gasteiger charge is 2.22. The maximum absolute atomic E-state index is 11.0. The summed E-state index contributed by atoms with van der Waals surface area (Å²) in [6, 6.07) is 0. The van der Waals surface area contributed by atoms with Crippen molar-refractivity contribution in [3.63, 3.8) is 0 Å². The lowest BCUT2D eigenvalue weighted by molar-refractivity contribution is 0.101. The van der Waals surface area contributed by atoms with E-state index >= 15 is 0 Å². The number of hydrogen-bond acceptors (Lipinski definition) is 4. The van der Waals surface area contributed by atoms with Crippen LogP contribution in [0.3, 0.4) is 0 Å². The van der Waals surface area contributed by atoms with Crippen LogP contribution in [0.2, 0.25) is 0 Å². The van der Waals surface area contributed by atoms with E-state index in [2.05, 4.69) is 5.32 Å². The van der Waals surface area contributed by atoms with Gasteiger partial charge in [0.25, 0.3) is 0 Å². The first-order valence-electron chi connectivity index (χ1n) is 3.16. The minimum absolute atomic E-state index is 0.0735. The lowest BCUT2D eigenvalue weighted by Gasteiger charge is -1.90. The Hall–Kier alpha value is -1.16. The van der Waals surface area contributed by atoms with Gasteiger partial charge in [-0.15, -0.1) is 11.3 Å². The van der Waals surface area contributed by atoms with Crippen molar-refractivity contribution in [1.82, 2.24) is 0 Å². The molecular weight excluding hydrogens is 162 g/mol. The van der Waals surface area contributed by atoms with E-state index < -0.39 is 0 Å². The average Bonchev–Trinajstić information content (AvgIpc) is 2.53. The van der Waals surface area contributed by atoms with Crippen LogP contribution in [0.5, 0.6) is 0 Å². The fraction of sp³-hybridized carbons (Fsp3) is 0.143. The van der Waals surface area contributed by atoms with E-state index in [4.69, 9.17) is 0 Å². The molecule has 0 saturated heterocycles. The Morgan fingerprint density at radius 3 is 3.18 bits per heavy atom. The Morgan fingerprint density at radius 1 is 1.64 bits per heavy atom. The van der Waals surface area contributed by atoms with Crippen molar-refractivity contribution in [3.8, 4) is 0 Å². The van der Waals surface area contributed by atoms with E-state index in [1.807, 2.05) is 0 Å². The maximum atomic E-state index is 11.0. The van der Waals surface area contributed by atoms with Crippen molar-refractivity contribution in [3.05, 3.63) is 15.8 Å². The molecule has 2 heterocycles. The monoisotopic (exact) mass is 167 g/mol. The van der Waals surface area contributed by atoms with Gasteiger partial charge in [0.15, 0.2) is 12.1 Å². The number of Topliss-reactive ketones (excluding diaryl/α,β-unsaturated/α-hetero) is 1. The molecule has 2 rings (SSSR count). The summed E-state index contributed by atoms with van der Waals surface area (Å²) in [5.41, 5.74) is 1.38. The molecule has 4 heteroatoms. The molecule has 1 aliphatic heterocycles. The number of aldehydes is 1. The first kappa shape index (κ1) is 6.54. The quantitative estimate of drug-likeness (QED) is 0.638. The Balaban J connectivity index is 2.60. The highest BCUT2D eigenvalue weighted by atomic mass is 32.1. The van der Waals surface area contributed by atoms with Gasteiger partial charge in [0.1, 0.15) is 0 Å². The summed E-state index contributed by atoms with van der Waals surface area (Å²) in [7, 11) is 0. The van der Waals surface area contributed by atoms with Gasteiger partial charge in [0.2, 0.25) is 0 Å². The molecule has 0 saturated carbocycles. The van der Waals surface area contributed by atoms with Crippen LogP contribution in [0.1, 0.15) is 20.0 Å². The highest BCUT2D eigenvalue weighted by molar-refractivity contribution is 7.12. The van der Waals surface area contributed by atoms with Gasteiger partial charge in [-0.1, -0.05) is 0 Å². The molecule has 0 fully saturated rings.